The number of nitrogens with one attached hydrogen (secondary N) is 1. The molecule has 0 bridgehead atoms. The van der Waals surface area contributed by atoms with E-state index in [0.29, 0.717) is 6.54 Å². The highest BCUT2D eigenvalue weighted by Crippen LogP contribution is 2.28. The van der Waals surface area contributed by atoms with E-state index >= 15 is 0 Å². The van der Waals surface area contributed by atoms with E-state index in [1.165, 1.54) is 0 Å². The fraction of sp³-hybridized carbons (Fsp3) is 0.556. The van der Waals surface area contributed by atoms with E-state index in [2.05, 4.69) is 5.32 Å². The molecular weight excluding hydrogens is 308 g/mol. The maximum absolute atomic E-state index is 12.7. The van der Waals surface area contributed by atoms with Crippen LogP contribution in [0.2, 0.25) is 0 Å². The summed E-state index contributed by atoms with van der Waals surface area (Å²) in [4.78, 5) is 26.4. The fourth-order valence-corrected chi connectivity index (χ4v) is 2.87. The first kappa shape index (κ1) is 18.3. The van der Waals surface area contributed by atoms with Crippen LogP contribution in [0, 0.1) is 5.92 Å². The minimum absolute atomic E-state index is 0.127. The first-order chi connectivity index (χ1) is 11.2. The van der Waals surface area contributed by atoms with Crippen LogP contribution < -0.4 is 5.32 Å². The summed E-state index contributed by atoms with van der Waals surface area (Å²) in [5.74, 6) is -0.549. The molecule has 6 nitrogen and oxygen atoms in total. The number of hydrogen-bond acceptors (Lipinski definition) is 4. The maximum atomic E-state index is 12.7. The van der Waals surface area contributed by atoms with Gasteiger partial charge in [-0.1, -0.05) is 30.3 Å². The molecule has 0 radical (unpaired) electrons. The third kappa shape index (κ3) is 4.26. The van der Waals surface area contributed by atoms with Gasteiger partial charge in [-0.25, -0.2) is 4.79 Å². The Hall–Kier alpha value is -2.08. The molecule has 1 fully saturated rings. The van der Waals surface area contributed by atoms with E-state index < -0.39 is 17.7 Å². The van der Waals surface area contributed by atoms with Gasteiger partial charge in [-0.3, -0.25) is 4.79 Å². The van der Waals surface area contributed by atoms with Gasteiger partial charge in [0.05, 0.1) is 12.6 Å². The van der Waals surface area contributed by atoms with Crippen LogP contribution >= 0.6 is 0 Å². The Kier molecular flexibility index (Phi) is 5.49. The van der Waals surface area contributed by atoms with Crippen molar-refractivity contribution in [3.63, 3.8) is 0 Å². The summed E-state index contributed by atoms with van der Waals surface area (Å²) in [5.41, 5.74) is 0.373. The number of likely N-dealkylation sites (tertiary alicyclic amines) is 1. The van der Waals surface area contributed by atoms with Gasteiger partial charge in [0.2, 0.25) is 5.91 Å². The lowest BCUT2D eigenvalue weighted by atomic mass is 10.1. The Labute approximate surface area is 142 Å². The van der Waals surface area contributed by atoms with Crippen molar-refractivity contribution >= 4 is 12.0 Å². The second-order valence-electron chi connectivity index (χ2n) is 7.14. The van der Waals surface area contributed by atoms with E-state index in [0.717, 1.165) is 5.56 Å². The monoisotopic (exact) mass is 334 g/mol. The molecule has 3 atom stereocenters. The molecule has 1 heterocycles. The fourth-order valence-electron chi connectivity index (χ4n) is 2.87. The average molecular weight is 334 g/mol. The number of amides is 2. The molecule has 132 valence electrons. The number of alkyl carbamates (subject to hydrolysis) is 1. The standard InChI is InChI=1S/C18H26N2O4/c1-12(13-8-6-5-7-9-13)20-10-14(11-21)15(16(20)22)19-17(23)24-18(2,3)4/h5-9,12,14-15,21H,10-11H2,1-4H3,(H,19,23)/t12-,14-,15-/m0/s1. The Bertz CT molecular complexity index is 582. The Morgan fingerprint density at radius 1 is 1.38 bits per heavy atom. The van der Waals surface area contributed by atoms with Crippen LogP contribution in [-0.2, 0) is 9.53 Å². The molecule has 0 spiro atoms. The SMILES string of the molecule is C[C@@H](c1ccccc1)N1C[C@@H](CO)[C@H](NC(=O)OC(C)(C)C)C1=O. The second-order valence-corrected chi connectivity index (χ2v) is 7.14. The zero-order valence-corrected chi connectivity index (χ0v) is 14.7. The topological polar surface area (TPSA) is 78.9 Å². The van der Waals surface area contributed by atoms with Crippen LogP contribution in [0.5, 0.6) is 0 Å². The molecule has 2 amide bonds. The molecule has 1 aromatic carbocycles. The molecule has 2 N–H and O–H groups in total. The first-order valence-corrected chi connectivity index (χ1v) is 8.18. The maximum Gasteiger partial charge on any atom is 0.408 e. The van der Waals surface area contributed by atoms with Gasteiger partial charge in [0, 0.05) is 12.5 Å². The van der Waals surface area contributed by atoms with Crippen molar-refractivity contribution in [3.05, 3.63) is 35.9 Å². The zero-order chi connectivity index (χ0) is 17.9. The highest BCUT2D eigenvalue weighted by atomic mass is 16.6. The molecule has 24 heavy (non-hydrogen) atoms. The number of hydrogen-bond donors (Lipinski definition) is 2. The van der Waals surface area contributed by atoms with Crippen LogP contribution in [0.1, 0.15) is 39.3 Å². The summed E-state index contributed by atoms with van der Waals surface area (Å²) in [5, 5.41) is 12.2. The molecule has 1 aromatic rings. The van der Waals surface area contributed by atoms with Crippen LogP contribution in [0.25, 0.3) is 0 Å². The molecule has 0 saturated carbocycles. The lowest BCUT2D eigenvalue weighted by Gasteiger charge is -2.25. The minimum atomic E-state index is -0.768. The smallest absolute Gasteiger partial charge is 0.408 e. The number of aliphatic hydroxyl groups excluding tert-OH is 1. The van der Waals surface area contributed by atoms with Gasteiger partial charge >= 0.3 is 6.09 Å². The van der Waals surface area contributed by atoms with E-state index in [1.54, 1.807) is 25.7 Å². The molecule has 1 aliphatic rings. The van der Waals surface area contributed by atoms with Crippen molar-refractivity contribution in [2.75, 3.05) is 13.2 Å². The summed E-state index contributed by atoms with van der Waals surface area (Å²) in [6.07, 6.45) is -0.645. The van der Waals surface area contributed by atoms with Crippen LogP contribution in [0.4, 0.5) is 4.79 Å². The molecule has 2 rings (SSSR count). The Morgan fingerprint density at radius 3 is 2.54 bits per heavy atom. The molecule has 0 aliphatic carbocycles. The van der Waals surface area contributed by atoms with Crippen LogP contribution in [-0.4, -0.2) is 46.8 Å². The molecule has 1 aliphatic heterocycles. The zero-order valence-electron chi connectivity index (χ0n) is 14.7. The molecular formula is C18H26N2O4. The average Bonchev–Trinajstić information content (AvgIpc) is 2.82. The van der Waals surface area contributed by atoms with E-state index in [-0.39, 0.29) is 24.5 Å². The van der Waals surface area contributed by atoms with Crippen molar-refractivity contribution in [3.8, 4) is 0 Å². The highest BCUT2D eigenvalue weighted by molar-refractivity contribution is 5.88. The first-order valence-electron chi connectivity index (χ1n) is 8.18. The van der Waals surface area contributed by atoms with E-state index in [9.17, 15) is 14.7 Å². The number of carbonyl (C=O) groups is 2. The van der Waals surface area contributed by atoms with Crippen molar-refractivity contribution in [2.45, 2.75) is 45.4 Å². The van der Waals surface area contributed by atoms with Gasteiger partial charge in [0.1, 0.15) is 11.6 Å². The molecule has 0 unspecified atom stereocenters. The largest absolute Gasteiger partial charge is 0.444 e. The second kappa shape index (κ2) is 7.21. The molecule has 0 aromatic heterocycles. The number of rotatable bonds is 4. The number of aliphatic hydroxyl groups is 1. The van der Waals surface area contributed by atoms with Gasteiger partial charge in [-0.2, -0.15) is 0 Å². The van der Waals surface area contributed by atoms with Crippen molar-refractivity contribution < 1.29 is 19.4 Å². The van der Waals surface area contributed by atoms with Crippen molar-refractivity contribution in [1.82, 2.24) is 10.2 Å². The van der Waals surface area contributed by atoms with Crippen LogP contribution in [0.15, 0.2) is 30.3 Å². The lowest BCUT2D eigenvalue weighted by molar-refractivity contribution is -0.131. The van der Waals surface area contributed by atoms with Gasteiger partial charge in [0.15, 0.2) is 0 Å². The summed E-state index contributed by atoms with van der Waals surface area (Å²) in [6, 6.07) is 8.79. The minimum Gasteiger partial charge on any atom is -0.444 e. The third-order valence-corrected chi connectivity index (χ3v) is 4.11. The predicted molar refractivity (Wildman–Crippen MR) is 90.3 cm³/mol. The predicted octanol–water partition coefficient (Wildman–Crippen LogP) is 2.09. The van der Waals surface area contributed by atoms with E-state index in [4.69, 9.17) is 4.74 Å². The Balaban J connectivity index is 2.10. The highest BCUT2D eigenvalue weighted by Gasteiger charge is 2.43. The van der Waals surface area contributed by atoms with Crippen LogP contribution in [0.3, 0.4) is 0 Å². The quantitative estimate of drug-likeness (QED) is 0.884. The third-order valence-electron chi connectivity index (χ3n) is 4.11. The summed E-state index contributed by atoms with van der Waals surface area (Å²) < 4.78 is 5.22. The number of ether oxygens (including phenoxy) is 1. The Morgan fingerprint density at radius 2 is 2.00 bits per heavy atom. The number of carbonyl (C=O) groups excluding carboxylic acids is 2. The number of benzene rings is 1. The number of nitrogens with zero attached hydrogens (tertiary/aromatic N) is 1. The van der Waals surface area contributed by atoms with Gasteiger partial charge in [-0.05, 0) is 33.3 Å². The van der Waals surface area contributed by atoms with Gasteiger partial charge in [-0.15, -0.1) is 0 Å². The van der Waals surface area contributed by atoms with Crippen molar-refractivity contribution in [2.24, 2.45) is 5.92 Å². The normalized spacial score (nSPS) is 22.4. The molecule has 6 heteroatoms. The lowest BCUT2D eigenvalue weighted by Crippen LogP contribution is -2.46. The van der Waals surface area contributed by atoms with Gasteiger partial charge in [0.25, 0.3) is 0 Å². The van der Waals surface area contributed by atoms with Crippen molar-refractivity contribution in [1.29, 1.82) is 0 Å². The summed E-state index contributed by atoms with van der Waals surface area (Å²) >= 11 is 0. The van der Waals surface area contributed by atoms with E-state index in [1.807, 2.05) is 37.3 Å². The summed E-state index contributed by atoms with van der Waals surface area (Å²) in [6.45, 7) is 7.44. The van der Waals surface area contributed by atoms with Gasteiger partial charge < -0.3 is 20.1 Å². The molecule has 1 saturated heterocycles. The summed E-state index contributed by atoms with van der Waals surface area (Å²) in [7, 11) is 0.